The molecule has 3 heteroatoms. The fraction of sp³-hybridized carbons (Fsp3) is 0.600. The molecule has 2 rings (SSSR count). The standard InChI is InChI=1S/C15H20Cl2O/c1-9-6-7-11(8-10(9)2)15(18)12-4-3-5-13(16)14(12)17/h3-5,9-11,15,18H,6-8H2,1-2H3. The highest BCUT2D eigenvalue weighted by atomic mass is 35.5. The van der Waals surface area contributed by atoms with Crippen molar-refractivity contribution in [3.63, 3.8) is 0 Å². The second kappa shape index (κ2) is 5.81. The molecule has 4 unspecified atom stereocenters. The van der Waals surface area contributed by atoms with Crippen LogP contribution in [-0.2, 0) is 0 Å². The first-order valence-corrected chi connectivity index (χ1v) is 7.38. The maximum absolute atomic E-state index is 10.5. The Morgan fingerprint density at radius 2 is 1.89 bits per heavy atom. The minimum absolute atomic E-state index is 0.298. The summed E-state index contributed by atoms with van der Waals surface area (Å²) in [5.41, 5.74) is 0.774. The van der Waals surface area contributed by atoms with Crippen molar-refractivity contribution in [2.24, 2.45) is 17.8 Å². The van der Waals surface area contributed by atoms with Gasteiger partial charge in [-0.15, -0.1) is 0 Å². The Morgan fingerprint density at radius 1 is 1.17 bits per heavy atom. The molecular weight excluding hydrogens is 267 g/mol. The average molecular weight is 287 g/mol. The topological polar surface area (TPSA) is 20.2 Å². The SMILES string of the molecule is CC1CCC(C(O)c2cccc(Cl)c2Cl)CC1C. The van der Waals surface area contributed by atoms with E-state index in [1.54, 1.807) is 6.07 Å². The number of rotatable bonds is 2. The monoisotopic (exact) mass is 286 g/mol. The van der Waals surface area contributed by atoms with Crippen LogP contribution in [0, 0.1) is 17.8 Å². The van der Waals surface area contributed by atoms with Crippen molar-refractivity contribution in [2.45, 2.75) is 39.2 Å². The molecule has 0 amide bonds. The molecule has 0 bridgehead atoms. The maximum atomic E-state index is 10.5. The fourth-order valence-electron chi connectivity index (χ4n) is 2.88. The van der Waals surface area contributed by atoms with Gasteiger partial charge in [0.05, 0.1) is 16.1 Å². The van der Waals surface area contributed by atoms with Crippen LogP contribution < -0.4 is 0 Å². The third-order valence-corrected chi connectivity index (χ3v) is 5.22. The Balaban J connectivity index is 2.16. The smallest absolute Gasteiger partial charge is 0.0833 e. The molecule has 0 heterocycles. The molecule has 18 heavy (non-hydrogen) atoms. The molecule has 1 saturated carbocycles. The summed E-state index contributed by atoms with van der Waals surface area (Å²) in [4.78, 5) is 0. The zero-order valence-electron chi connectivity index (χ0n) is 10.9. The van der Waals surface area contributed by atoms with Crippen LogP contribution in [0.5, 0.6) is 0 Å². The van der Waals surface area contributed by atoms with E-state index in [-0.39, 0.29) is 0 Å². The van der Waals surface area contributed by atoms with Gasteiger partial charge in [-0.1, -0.05) is 55.6 Å². The first-order chi connectivity index (χ1) is 8.50. The molecule has 1 aliphatic rings. The van der Waals surface area contributed by atoms with Gasteiger partial charge in [-0.3, -0.25) is 0 Å². The number of hydrogen-bond donors (Lipinski definition) is 1. The summed E-state index contributed by atoms with van der Waals surface area (Å²) in [7, 11) is 0. The number of hydrogen-bond acceptors (Lipinski definition) is 1. The van der Waals surface area contributed by atoms with Gasteiger partial charge in [0.1, 0.15) is 0 Å². The average Bonchev–Trinajstić information content (AvgIpc) is 2.35. The Bertz CT molecular complexity index is 419. The van der Waals surface area contributed by atoms with Crippen molar-refractivity contribution in [3.05, 3.63) is 33.8 Å². The van der Waals surface area contributed by atoms with Crippen molar-refractivity contribution >= 4 is 23.2 Å². The second-order valence-electron chi connectivity index (χ2n) is 5.62. The second-order valence-corrected chi connectivity index (χ2v) is 6.40. The van der Waals surface area contributed by atoms with Crippen LogP contribution in [-0.4, -0.2) is 5.11 Å². The van der Waals surface area contributed by atoms with E-state index >= 15 is 0 Å². The van der Waals surface area contributed by atoms with Crippen LogP contribution in [0.4, 0.5) is 0 Å². The summed E-state index contributed by atoms with van der Waals surface area (Å²) in [6.07, 6.45) is 2.81. The quantitative estimate of drug-likeness (QED) is 0.802. The van der Waals surface area contributed by atoms with Gasteiger partial charge in [-0.05, 0) is 36.7 Å². The highest BCUT2D eigenvalue weighted by Crippen LogP contribution is 2.42. The van der Waals surface area contributed by atoms with Gasteiger partial charge < -0.3 is 5.11 Å². The Labute approximate surface area is 119 Å². The predicted octanol–water partition coefficient (Wildman–Crippen LogP) is 5.10. The molecule has 1 nitrogen and oxygen atoms in total. The summed E-state index contributed by atoms with van der Waals surface area (Å²) in [5.74, 6) is 1.71. The van der Waals surface area contributed by atoms with Crippen molar-refractivity contribution in [1.29, 1.82) is 0 Å². The lowest BCUT2D eigenvalue weighted by Crippen LogP contribution is -2.25. The van der Waals surface area contributed by atoms with Gasteiger partial charge in [0.15, 0.2) is 0 Å². The van der Waals surface area contributed by atoms with Gasteiger partial charge >= 0.3 is 0 Å². The van der Waals surface area contributed by atoms with Crippen LogP contribution in [0.2, 0.25) is 10.0 Å². The van der Waals surface area contributed by atoms with E-state index in [9.17, 15) is 5.11 Å². The molecule has 1 fully saturated rings. The Kier molecular flexibility index (Phi) is 4.58. The van der Waals surface area contributed by atoms with E-state index in [4.69, 9.17) is 23.2 Å². The molecule has 100 valence electrons. The van der Waals surface area contributed by atoms with Crippen LogP contribution >= 0.6 is 23.2 Å². The molecule has 4 atom stereocenters. The highest BCUT2D eigenvalue weighted by Gasteiger charge is 2.31. The molecular formula is C15H20Cl2O. The summed E-state index contributed by atoms with van der Waals surface area (Å²) in [5, 5.41) is 11.5. The number of halogens is 2. The third kappa shape index (κ3) is 2.84. The van der Waals surface area contributed by atoms with Crippen LogP contribution in [0.3, 0.4) is 0 Å². The largest absolute Gasteiger partial charge is 0.388 e. The number of benzene rings is 1. The molecule has 0 saturated heterocycles. The molecule has 0 aromatic heterocycles. The number of aliphatic hydroxyl groups is 1. The maximum Gasteiger partial charge on any atom is 0.0833 e. The van der Waals surface area contributed by atoms with Gasteiger partial charge in [-0.25, -0.2) is 0 Å². The van der Waals surface area contributed by atoms with Crippen molar-refractivity contribution in [3.8, 4) is 0 Å². The van der Waals surface area contributed by atoms with E-state index in [2.05, 4.69) is 13.8 Å². The minimum atomic E-state index is -0.494. The molecule has 0 spiro atoms. The first kappa shape index (κ1) is 14.2. The van der Waals surface area contributed by atoms with Crippen molar-refractivity contribution in [2.75, 3.05) is 0 Å². The van der Waals surface area contributed by atoms with Crippen LogP contribution in [0.25, 0.3) is 0 Å². The van der Waals surface area contributed by atoms with Crippen LogP contribution in [0.15, 0.2) is 18.2 Å². The molecule has 1 aromatic rings. The van der Waals surface area contributed by atoms with E-state index in [0.717, 1.165) is 24.3 Å². The summed E-state index contributed by atoms with van der Waals surface area (Å²) in [6, 6.07) is 5.48. The lowest BCUT2D eigenvalue weighted by Gasteiger charge is -2.35. The fourth-order valence-corrected chi connectivity index (χ4v) is 3.30. The molecule has 0 radical (unpaired) electrons. The molecule has 1 aromatic carbocycles. The zero-order valence-corrected chi connectivity index (χ0v) is 12.4. The zero-order chi connectivity index (χ0) is 13.3. The van der Waals surface area contributed by atoms with E-state index < -0.39 is 6.10 Å². The van der Waals surface area contributed by atoms with Crippen molar-refractivity contribution in [1.82, 2.24) is 0 Å². The van der Waals surface area contributed by atoms with Gasteiger partial charge in [0, 0.05) is 5.56 Å². The van der Waals surface area contributed by atoms with Crippen LogP contribution in [0.1, 0.15) is 44.8 Å². The Morgan fingerprint density at radius 3 is 2.56 bits per heavy atom. The van der Waals surface area contributed by atoms with E-state index in [1.807, 2.05) is 12.1 Å². The third-order valence-electron chi connectivity index (χ3n) is 4.39. The molecule has 0 aliphatic heterocycles. The number of aliphatic hydroxyl groups excluding tert-OH is 1. The highest BCUT2D eigenvalue weighted by molar-refractivity contribution is 6.42. The molecule has 1 aliphatic carbocycles. The lowest BCUT2D eigenvalue weighted by molar-refractivity contribution is 0.0562. The lowest BCUT2D eigenvalue weighted by atomic mass is 9.73. The summed E-state index contributed by atoms with van der Waals surface area (Å²) in [6.45, 7) is 4.56. The summed E-state index contributed by atoms with van der Waals surface area (Å²) < 4.78 is 0. The Hall–Kier alpha value is -0.240. The predicted molar refractivity (Wildman–Crippen MR) is 77.1 cm³/mol. The molecule has 1 N–H and O–H groups in total. The summed E-state index contributed by atoms with van der Waals surface area (Å²) >= 11 is 12.2. The normalized spacial score (nSPS) is 30.2. The van der Waals surface area contributed by atoms with E-state index in [1.165, 1.54) is 6.42 Å². The minimum Gasteiger partial charge on any atom is -0.388 e. The van der Waals surface area contributed by atoms with E-state index in [0.29, 0.717) is 21.9 Å². The van der Waals surface area contributed by atoms with Crippen molar-refractivity contribution < 1.29 is 5.11 Å². The van der Waals surface area contributed by atoms with Gasteiger partial charge in [0.2, 0.25) is 0 Å². The van der Waals surface area contributed by atoms with Gasteiger partial charge in [0.25, 0.3) is 0 Å². The first-order valence-electron chi connectivity index (χ1n) is 6.62. The van der Waals surface area contributed by atoms with Gasteiger partial charge in [-0.2, -0.15) is 0 Å².